The molecule has 0 aliphatic heterocycles. The maximum Gasteiger partial charge on any atom is 0.232 e. The highest BCUT2D eigenvalue weighted by Crippen LogP contribution is 2.18. The Balaban J connectivity index is 3.14. The van der Waals surface area contributed by atoms with Gasteiger partial charge in [-0.25, -0.2) is 0 Å². The highest BCUT2D eigenvalue weighted by Gasteiger charge is 2.18. The van der Waals surface area contributed by atoms with Gasteiger partial charge in [0.05, 0.1) is 6.61 Å². The third kappa shape index (κ3) is 5.00. The van der Waals surface area contributed by atoms with E-state index in [1.54, 1.807) is 7.11 Å². The number of anilines is 3. The summed E-state index contributed by atoms with van der Waals surface area (Å²) in [6.45, 7) is 8.52. The van der Waals surface area contributed by atoms with Crippen LogP contribution in [0.4, 0.5) is 17.8 Å². The molecule has 0 aromatic carbocycles. The van der Waals surface area contributed by atoms with Gasteiger partial charge in [-0.15, -0.1) is 0 Å². The maximum absolute atomic E-state index is 5.21. The molecule has 0 fully saturated rings. The van der Waals surface area contributed by atoms with Crippen LogP contribution >= 0.6 is 0 Å². The number of methoxy groups -OCH3 is 1. The SMILES string of the molecule is CCNc1nc(N(C)C)nc(N(CCOC)C(C)CC)n1. The minimum Gasteiger partial charge on any atom is -0.383 e. The Labute approximate surface area is 127 Å². The third-order valence-corrected chi connectivity index (χ3v) is 3.26. The number of hydrogen-bond donors (Lipinski definition) is 1. The summed E-state index contributed by atoms with van der Waals surface area (Å²) < 4.78 is 5.21. The molecule has 1 heterocycles. The standard InChI is InChI=1S/C14H28N6O/c1-7-11(3)20(9-10-21-6)14-17-12(15-8-2)16-13(18-14)19(4)5/h11H,7-10H2,1-6H3,(H,15,16,17,18). The first-order valence-corrected chi connectivity index (χ1v) is 7.46. The first-order chi connectivity index (χ1) is 10.0. The molecule has 0 spiro atoms. The monoisotopic (exact) mass is 296 g/mol. The lowest BCUT2D eigenvalue weighted by atomic mass is 10.2. The van der Waals surface area contributed by atoms with E-state index in [1.165, 1.54) is 0 Å². The van der Waals surface area contributed by atoms with Crippen molar-refractivity contribution in [1.82, 2.24) is 15.0 Å². The quantitative estimate of drug-likeness (QED) is 0.742. The minimum atomic E-state index is 0.340. The van der Waals surface area contributed by atoms with Gasteiger partial charge < -0.3 is 19.9 Å². The normalized spacial score (nSPS) is 12.1. The molecule has 0 saturated heterocycles. The minimum absolute atomic E-state index is 0.340. The molecular weight excluding hydrogens is 268 g/mol. The van der Waals surface area contributed by atoms with E-state index in [1.807, 2.05) is 25.9 Å². The molecule has 120 valence electrons. The molecule has 0 radical (unpaired) electrons. The number of rotatable bonds is 9. The van der Waals surface area contributed by atoms with Crippen LogP contribution in [0, 0.1) is 0 Å². The van der Waals surface area contributed by atoms with Crippen molar-refractivity contribution in [3.8, 4) is 0 Å². The van der Waals surface area contributed by atoms with E-state index in [-0.39, 0.29) is 0 Å². The van der Waals surface area contributed by atoms with Crippen LogP contribution in [0.5, 0.6) is 0 Å². The highest BCUT2D eigenvalue weighted by molar-refractivity contribution is 5.45. The molecule has 0 bridgehead atoms. The molecule has 1 unspecified atom stereocenters. The highest BCUT2D eigenvalue weighted by atomic mass is 16.5. The van der Waals surface area contributed by atoms with Gasteiger partial charge in [0.25, 0.3) is 0 Å². The van der Waals surface area contributed by atoms with Crippen LogP contribution in [0.15, 0.2) is 0 Å². The van der Waals surface area contributed by atoms with Crippen molar-refractivity contribution in [2.24, 2.45) is 0 Å². The van der Waals surface area contributed by atoms with Gasteiger partial charge in [-0.3, -0.25) is 0 Å². The van der Waals surface area contributed by atoms with Crippen LogP contribution in [0.3, 0.4) is 0 Å². The molecular formula is C14H28N6O. The Hall–Kier alpha value is -1.63. The second-order valence-corrected chi connectivity index (χ2v) is 5.13. The van der Waals surface area contributed by atoms with Crippen molar-refractivity contribution in [2.45, 2.75) is 33.2 Å². The predicted molar refractivity (Wildman–Crippen MR) is 87.3 cm³/mol. The summed E-state index contributed by atoms with van der Waals surface area (Å²) in [6, 6.07) is 0.340. The second-order valence-electron chi connectivity index (χ2n) is 5.13. The molecule has 1 rings (SSSR count). The van der Waals surface area contributed by atoms with Crippen molar-refractivity contribution in [3.05, 3.63) is 0 Å². The molecule has 0 aliphatic carbocycles. The lowest BCUT2D eigenvalue weighted by molar-refractivity contribution is 0.203. The van der Waals surface area contributed by atoms with Gasteiger partial charge in [0, 0.05) is 40.3 Å². The average molecular weight is 296 g/mol. The summed E-state index contributed by atoms with van der Waals surface area (Å²) in [4.78, 5) is 17.6. The molecule has 0 aliphatic rings. The summed E-state index contributed by atoms with van der Waals surface area (Å²) in [6.07, 6.45) is 1.02. The van der Waals surface area contributed by atoms with Crippen molar-refractivity contribution >= 4 is 17.8 Å². The van der Waals surface area contributed by atoms with E-state index in [2.05, 4.69) is 39.0 Å². The fourth-order valence-corrected chi connectivity index (χ4v) is 1.85. The first-order valence-electron chi connectivity index (χ1n) is 7.46. The Morgan fingerprint density at radius 2 is 1.81 bits per heavy atom. The number of hydrogen-bond acceptors (Lipinski definition) is 7. The van der Waals surface area contributed by atoms with Crippen LogP contribution in [-0.2, 0) is 4.74 Å². The van der Waals surface area contributed by atoms with Gasteiger partial charge in [0.15, 0.2) is 0 Å². The van der Waals surface area contributed by atoms with Crippen LogP contribution in [0.1, 0.15) is 27.2 Å². The summed E-state index contributed by atoms with van der Waals surface area (Å²) >= 11 is 0. The molecule has 7 nitrogen and oxygen atoms in total. The number of ether oxygens (including phenoxy) is 1. The summed E-state index contributed by atoms with van der Waals surface area (Å²) in [5.74, 6) is 1.95. The first kappa shape index (κ1) is 17.4. The van der Waals surface area contributed by atoms with Gasteiger partial charge >= 0.3 is 0 Å². The zero-order valence-corrected chi connectivity index (χ0v) is 14.1. The van der Waals surface area contributed by atoms with Crippen LogP contribution in [-0.4, -0.2) is 61.9 Å². The van der Waals surface area contributed by atoms with Crippen molar-refractivity contribution in [2.75, 3.05) is 56.0 Å². The average Bonchev–Trinajstić information content (AvgIpc) is 2.47. The molecule has 7 heteroatoms. The van der Waals surface area contributed by atoms with Crippen LogP contribution < -0.4 is 15.1 Å². The van der Waals surface area contributed by atoms with Crippen molar-refractivity contribution < 1.29 is 4.74 Å². The Kier molecular flexibility index (Phi) is 7.14. The van der Waals surface area contributed by atoms with E-state index in [9.17, 15) is 0 Å². The Bertz CT molecular complexity index is 426. The van der Waals surface area contributed by atoms with E-state index in [0.717, 1.165) is 19.5 Å². The zero-order chi connectivity index (χ0) is 15.8. The van der Waals surface area contributed by atoms with E-state index >= 15 is 0 Å². The smallest absolute Gasteiger partial charge is 0.232 e. The fourth-order valence-electron chi connectivity index (χ4n) is 1.85. The van der Waals surface area contributed by atoms with Gasteiger partial charge in [-0.05, 0) is 20.3 Å². The molecule has 21 heavy (non-hydrogen) atoms. The number of nitrogens with one attached hydrogen (secondary N) is 1. The molecule has 1 aromatic heterocycles. The molecule has 0 amide bonds. The molecule has 0 saturated carbocycles. The fraction of sp³-hybridized carbons (Fsp3) is 0.786. The largest absolute Gasteiger partial charge is 0.383 e. The van der Waals surface area contributed by atoms with E-state index < -0.39 is 0 Å². The Morgan fingerprint density at radius 3 is 2.33 bits per heavy atom. The summed E-state index contributed by atoms with van der Waals surface area (Å²) in [7, 11) is 5.56. The van der Waals surface area contributed by atoms with Gasteiger partial charge in [0.2, 0.25) is 17.8 Å². The van der Waals surface area contributed by atoms with E-state index in [4.69, 9.17) is 4.74 Å². The molecule has 1 N–H and O–H groups in total. The maximum atomic E-state index is 5.21. The van der Waals surface area contributed by atoms with Crippen molar-refractivity contribution in [1.29, 1.82) is 0 Å². The molecule has 1 atom stereocenters. The summed E-state index contributed by atoms with van der Waals surface area (Å²) in [5, 5.41) is 3.16. The lowest BCUT2D eigenvalue weighted by Crippen LogP contribution is -2.37. The number of nitrogens with zero attached hydrogens (tertiary/aromatic N) is 5. The van der Waals surface area contributed by atoms with Crippen molar-refractivity contribution in [3.63, 3.8) is 0 Å². The topological polar surface area (TPSA) is 66.4 Å². The second kappa shape index (κ2) is 8.61. The lowest BCUT2D eigenvalue weighted by Gasteiger charge is -2.29. The third-order valence-electron chi connectivity index (χ3n) is 3.26. The number of aromatic nitrogens is 3. The zero-order valence-electron chi connectivity index (χ0n) is 14.1. The van der Waals surface area contributed by atoms with Crippen LogP contribution in [0.25, 0.3) is 0 Å². The van der Waals surface area contributed by atoms with Gasteiger partial charge in [0.1, 0.15) is 0 Å². The predicted octanol–water partition coefficient (Wildman–Crippen LogP) is 1.62. The van der Waals surface area contributed by atoms with Crippen LogP contribution in [0.2, 0.25) is 0 Å². The van der Waals surface area contributed by atoms with E-state index in [0.29, 0.717) is 30.5 Å². The molecule has 1 aromatic rings. The van der Waals surface area contributed by atoms with Gasteiger partial charge in [-0.2, -0.15) is 15.0 Å². The summed E-state index contributed by atoms with van der Waals surface area (Å²) in [5.41, 5.74) is 0. The van der Waals surface area contributed by atoms with Gasteiger partial charge in [-0.1, -0.05) is 6.92 Å². The Morgan fingerprint density at radius 1 is 1.14 bits per heavy atom.